The van der Waals surface area contributed by atoms with Crippen LogP contribution < -0.4 is 5.32 Å². The maximum Gasteiger partial charge on any atom is 0.180 e. The van der Waals surface area contributed by atoms with Gasteiger partial charge in [0.05, 0.1) is 34.9 Å². The van der Waals surface area contributed by atoms with E-state index in [9.17, 15) is 8.42 Å². The first-order valence-electron chi connectivity index (χ1n) is 7.02. The molecule has 0 aliphatic carbocycles. The average molecular weight is 307 g/mol. The van der Waals surface area contributed by atoms with E-state index >= 15 is 0 Å². The number of hydrogen-bond donors (Lipinski definition) is 1. The van der Waals surface area contributed by atoms with Crippen molar-refractivity contribution in [1.29, 1.82) is 0 Å². The molecular weight excluding hydrogens is 286 g/mol. The van der Waals surface area contributed by atoms with Gasteiger partial charge in [-0.2, -0.15) is 0 Å². The van der Waals surface area contributed by atoms with Crippen molar-refractivity contribution in [3.8, 4) is 0 Å². The first-order chi connectivity index (χ1) is 9.95. The molecule has 114 valence electrons. The minimum atomic E-state index is -3.23. The summed E-state index contributed by atoms with van der Waals surface area (Å²) < 4.78 is 26.3. The first-order valence-corrected chi connectivity index (χ1v) is 8.67. The molecule has 0 radical (unpaired) electrons. The molecule has 0 spiro atoms. The summed E-state index contributed by atoms with van der Waals surface area (Å²) in [6.07, 6.45) is 3.58. The SMILES string of the molecule is CCS(=O)(=O)c1ccccc1NCc1cncn1C(C)C. The third kappa shape index (κ3) is 3.44. The normalized spacial score (nSPS) is 11.8. The van der Waals surface area contributed by atoms with Gasteiger partial charge in [0.15, 0.2) is 9.84 Å². The molecule has 6 heteroatoms. The fourth-order valence-corrected chi connectivity index (χ4v) is 3.23. The number of anilines is 1. The molecule has 2 aromatic rings. The van der Waals surface area contributed by atoms with E-state index in [-0.39, 0.29) is 5.75 Å². The van der Waals surface area contributed by atoms with Crippen molar-refractivity contribution in [3.05, 3.63) is 42.5 Å². The van der Waals surface area contributed by atoms with Crippen molar-refractivity contribution in [3.63, 3.8) is 0 Å². The summed E-state index contributed by atoms with van der Waals surface area (Å²) in [4.78, 5) is 4.50. The van der Waals surface area contributed by atoms with Crippen LogP contribution in [0.1, 0.15) is 32.5 Å². The molecule has 2 rings (SSSR count). The molecule has 1 aromatic carbocycles. The van der Waals surface area contributed by atoms with Crippen molar-refractivity contribution >= 4 is 15.5 Å². The van der Waals surface area contributed by atoms with Gasteiger partial charge < -0.3 is 9.88 Å². The summed E-state index contributed by atoms with van der Waals surface area (Å²) in [6.45, 7) is 6.36. The molecule has 0 aliphatic heterocycles. The zero-order chi connectivity index (χ0) is 15.5. The van der Waals surface area contributed by atoms with Crippen molar-refractivity contribution in [2.75, 3.05) is 11.1 Å². The highest BCUT2D eigenvalue weighted by molar-refractivity contribution is 7.91. The average Bonchev–Trinajstić information content (AvgIpc) is 2.94. The lowest BCUT2D eigenvalue weighted by atomic mass is 10.3. The Morgan fingerprint density at radius 1 is 1.29 bits per heavy atom. The van der Waals surface area contributed by atoms with Crippen molar-refractivity contribution in [2.45, 2.75) is 38.3 Å². The Balaban J connectivity index is 2.23. The van der Waals surface area contributed by atoms with Crippen LogP contribution in [-0.4, -0.2) is 23.7 Å². The second-order valence-corrected chi connectivity index (χ2v) is 7.39. The minimum absolute atomic E-state index is 0.0929. The molecule has 1 heterocycles. The van der Waals surface area contributed by atoms with Gasteiger partial charge >= 0.3 is 0 Å². The van der Waals surface area contributed by atoms with E-state index in [0.717, 1.165) is 5.69 Å². The third-order valence-electron chi connectivity index (χ3n) is 3.36. The summed E-state index contributed by atoms with van der Waals surface area (Å²) in [5, 5.41) is 3.21. The molecular formula is C15H21N3O2S. The second kappa shape index (κ2) is 6.30. The molecule has 21 heavy (non-hydrogen) atoms. The van der Waals surface area contributed by atoms with E-state index in [1.807, 2.05) is 6.07 Å². The molecule has 0 amide bonds. The monoisotopic (exact) mass is 307 g/mol. The van der Waals surface area contributed by atoms with Gasteiger partial charge in [0.2, 0.25) is 0 Å². The zero-order valence-corrected chi connectivity index (χ0v) is 13.4. The van der Waals surface area contributed by atoms with Gasteiger partial charge in [-0.05, 0) is 26.0 Å². The Morgan fingerprint density at radius 2 is 2.00 bits per heavy atom. The van der Waals surface area contributed by atoms with E-state index in [1.165, 1.54) is 0 Å². The standard InChI is InChI=1S/C15H21N3O2S/c1-4-21(19,20)15-8-6-5-7-14(15)17-10-13-9-16-11-18(13)12(2)3/h5-9,11-12,17H,4,10H2,1-3H3. The number of hydrogen-bond acceptors (Lipinski definition) is 4. The maximum absolute atomic E-state index is 12.1. The summed E-state index contributed by atoms with van der Waals surface area (Å²) in [5.74, 6) is 0.0929. The fraction of sp³-hybridized carbons (Fsp3) is 0.400. The first kappa shape index (κ1) is 15.6. The van der Waals surface area contributed by atoms with Crippen LogP contribution >= 0.6 is 0 Å². The van der Waals surface area contributed by atoms with Gasteiger partial charge in [-0.3, -0.25) is 0 Å². The van der Waals surface area contributed by atoms with E-state index in [4.69, 9.17) is 0 Å². The topological polar surface area (TPSA) is 64.0 Å². The Labute approximate surface area is 125 Å². The molecule has 0 saturated heterocycles. The highest BCUT2D eigenvalue weighted by Crippen LogP contribution is 2.23. The molecule has 0 aliphatic rings. The van der Waals surface area contributed by atoms with Crippen LogP contribution in [0.2, 0.25) is 0 Å². The van der Waals surface area contributed by atoms with Crippen LogP contribution in [0, 0.1) is 0 Å². The Morgan fingerprint density at radius 3 is 2.67 bits per heavy atom. The lowest BCUT2D eigenvalue weighted by Crippen LogP contribution is -2.12. The van der Waals surface area contributed by atoms with E-state index < -0.39 is 9.84 Å². The highest BCUT2D eigenvalue weighted by Gasteiger charge is 2.16. The van der Waals surface area contributed by atoms with Crippen LogP contribution in [0.15, 0.2) is 41.7 Å². The molecule has 0 fully saturated rings. The summed E-state index contributed by atoms with van der Waals surface area (Å²) in [5.41, 5.74) is 1.66. The largest absolute Gasteiger partial charge is 0.378 e. The van der Waals surface area contributed by atoms with Crippen molar-refractivity contribution < 1.29 is 8.42 Å². The van der Waals surface area contributed by atoms with Gasteiger partial charge in [-0.25, -0.2) is 13.4 Å². The Bertz CT molecular complexity index is 705. The molecule has 0 bridgehead atoms. The van der Waals surface area contributed by atoms with Crippen molar-refractivity contribution in [1.82, 2.24) is 9.55 Å². The smallest absolute Gasteiger partial charge is 0.180 e. The van der Waals surface area contributed by atoms with Gasteiger partial charge in [-0.1, -0.05) is 19.1 Å². The fourth-order valence-electron chi connectivity index (χ4n) is 2.16. The lowest BCUT2D eigenvalue weighted by molar-refractivity contribution is 0.577. The lowest BCUT2D eigenvalue weighted by Gasteiger charge is -2.15. The van der Waals surface area contributed by atoms with Gasteiger partial charge in [0, 0.05) is 12.2 Å². The summed E-state index contributed by atoms with van der Waals surface area (Å²) in [6, 6.07) is 7.32. The summed E-state index contributed by atoms with van der Waals surface area (Å²) in [7, 11) is -3.23. The number of sulfone groups is 1. The summed E-state index contributed by atoms with van der Waals surface area (Å²) >= 11 is 0. The van der Waals surface area contributed by atoms with E-state index in [2.05, 4.69) is 28.7 Å². The van der Waals surface area contributed by atoms with Crippen molar-refractivity contribution in [2.24, 2.45) is 0 Å². The number of benzene rings is 1. The molecule has 5 nitrogen and oxygen atoms in total. The number of aromatic nitrogens is 2. The Hall–Kier alpha value is -1.82. The number of para-hydroxylation sites is 1. The predicted molar refractivity (Wildman–Crippen MR) is 84.1 cm³/mol. The van der Waals surface area contributed by atoms with Crippen LogP contribution in [0.25, 0.3) is 0 Å². The predicted octanol–water partition coefficient (Wildman–Crippen LogP) is 2.87. The quantitative estimate of drug-likeness (QED) is 0.891. The van der Waals surface area contributed by atoms with Crippen LogP contribution in [-0.2, 0) is 16.4 Å². The number of nitrogens with zero attached hydrogens (tertiary/aromatic N) is 2. The van der Waals surface area contributed by atoms with E-state index in [0.29, 0.717) is 23.2 Å². The number of nitrogens with one attached hydrogen (secondary N) is 1. The minimum Gasteiger partial charge on any atom is -0.378 e. The van der Waals surface area contributed by atoms with E-state index in [1.54, 1.807) is 37.6 Å². The van der Waals surface area contributed by atoms with Gasteiger partial charge in [0.1, 0.15) is 0 Å². The number of rotatable bonds is 6. The maximum atomic E-state index is 12.1. The van der Waals surface area contributed by atoms with Crippen LogP contribution in [0.5, 0.6) is 0 Å². The number of imidazole rings is 1. The van der Waals surface area contributed by atoms with Gasteiger partial charge in [0.25, 0.3) is 0 Å². The zero-order valence-electron chi connectivity index (χ0n) is 12.6. The van der Waals surface area contributed by atoms with Crippen LogP contribution in [0.3, 0.4) is 0 Å². The third-order valence-corrected chi connectivity index (χ3v) is 5.15. The molecule has 0 saturated carbocycles. The second-order valence-electron chi connectivity index (χ2n) is 5.14. The van der Waals surface area contributed by atoms with Gasteiger partial charge in [-0.15, -0.1) is 0 Å². The highest BCUT2D eigenvalue weighted by atomic mass is 32.2. The molecule has 0 unspecified atom stereocenters. The molecule has 1 N–H and O–H groups in total. The molecule has 1 aromatic heterocycles. The molecule has 0 atom stereocenters. The Kier molecular flexibility index (Phi) is 4.67. The van der Waals surface area contributed by atoms with Crippen LogP contribution in [0.4, 0.5) is 5.69 Å².